The van der Waals surface area contributed by atoms with Crippen LogP contribution in [-0.4, -0.2) is 23.6 Å². The van der Waals surface area contributed by atoms with Crippen LogP contribution in [0.5, 0.6) is 5.75 Å². The second kappa shape index (κ2) is 5.51. The summed E-state index contributed by atoms with van der Waals surface area (Å²) in [7, 11) is 0. The zero-order valence-electron chi connectivity index (χ0n) is 9.68. The molecule has 0 saturated heterocycles. The van der Waals surface area contributed by atoms with E-state index in [4.69, 9.17) is 5.73 Å². The first-order valence-corrected chi connectivity index (χ1v) is 5.46. The second-order valence-electron chi connectivity index (χ2n) is 3.62. The SMILES string of the molecule is CCC(N)C(=O)N(CC)c1cccc(O)c1. The summed E-state index contributed by atoms with van der Waals surface area (Å²) in [5.74, 6) is 0.0319. The Morgan fingerprint density at radius 2 is 2.19 bits per heavy atom. The van der Waals surface area contributed by atoms with Crippen LogP contribution in [0.3, 0.4) is 0 Å². The largest absolute Gasteiger partial charge is 0.508 e. The van der Waals surface area contributed by atoms with Gasteiger partial charge in [-0.15, -0.1) is 0 Å². The minimum Gasteiger partial charge on any atom is -0.508 e. The quantitative estimate of drug-likeness (QED) is 0.811. The minimum atomic E-state index is -0.484. The molecule has 16 heavy (non-hydrogen) atoms. The van der Waals surface area contributed by atoms with Crippen molar-refractivity contribution in [3.8, 4) is 5.75 Å². The lowest BCUT2D eigenvalue weighted by atomic mass is 10.2. The highest BCUT2D eigenvalue weighted by atomic mass is 16.3. The molecular weight excluding hydrogens is 204 g/mol. The zero-order valence-corrected chi connectivity index (χ0v) is 9.68. The molecule has 0 fully saturated rings. The van der Waals surface area contributed by atoms with E-state index in [1.807, 2.05) is 13.8 Å². The Labute approximate surface area is 95.7 Å². The fourth-order valence-corrected chi connectivity index (χ4v) is 1.50. The van der Waals surface area contributed by atoms with Gasteiger partial charge in [-0.05, 0) is 25.5 Å². The molecule has 4 nitrogen and oxygen atoms in total. The lowest BCUT2D eigenvalue weighted by Gasteiger charge is -2.24. The molecule has 1 atom stereocenters. The molecular formula is C12H18N2O2. The van der Waals surface area contributed by atoms with Gasteiger partial charge < -0.3 is 15.7 Å². The number of anilines is 1. The Hall–Kier alpha value is -1.55. The van der Waals surface area contributed by atoms with Crippen molar-refractivity contribution in [1.82, 2.24) is 0 Å². The van der Waals surface area contributed by atoms with Gasteiger partial charge in [0.15, 0.2) is 0 Å². The number of rotatable bonds is 4. The van der Waals surface area contributed by atoms with E-state index >= 15 is 0 Å². The molecule has 1 rings (SSSR count). The van der Waals surface area contributed by atoms with Crippen LogP contribution in [0.1, 0.15) is 20.3 Å². The summed E-state index contributed by atoms with van der Waals surface area (Å²) < 4.78 is 0. The molecule has 0 spiro atoms. The number of hydrogen-bond acceptors (Lipinski definition) is 3. The molecule has 3 N–H and O–H groups in total. The van der Waals surface area contributed by atoms with Crippen molar-refractivity contribution < 1.29 is 9.90 Å². The predicted octanol–water partition coefficient (Wildman–Crippen LogP) is 1.48. The molecule has 1 aromatic carbocycles. The smallest absolute Gasteiger partial charge is 0.243 e. The number of phenols is 1. The fourth-order valence-electron chi connectivity index (χ4n) is 1.50. The van der Waals surface area contributed by atoms with Gasteiger partial charge in [0.25, 0.3) is 0 Å². The molecule has 88 valence electrons. The van der Waals surface area contributed by atoms with E-state index in [1.54, 1.807) is 29.2 Å². The normalized spacial score (nSPS) is 12.2. The van der Waals surface area contributed by atoms with Crippen LogP contribution in [0.4, 0.5) is 5.69 Å². The molecule has 0 radical (unpaired) electrons. The third-order valence-corrected chi connectivity index (χ3v) is 2.48. The van der Waals surface area contributed by atoms with Gasteiger partial charge in [0.2, 0.25) is 5.91 Å². The summed E-state index contributed by atoms with van der Waals surface area (Å²) in [6, 6.07) is 6.13. The van der Waals surface area contributed by atoms with Gasteiger partial charge in [0.05, 0.1) is 6.04 Å². The van der Waals surface area contributed by atoms with Gasteiger partial charge in [0.1, 0.15) is 5.75 Å². The summed E-state index contributed by atoms with van der Waals surface area (Å²) in [6.45, 7) is 4.29. The number of carbonyl (C=O) groups excluding carboxylic acids is 1. The first kappa shape index (κ1) is 12.5. The molecule has 0 saturated carbocycles. The summed E-state index contributed by atoms with van der Waals surface area (Å²) in [4.78, 5) is 13.5. The van der Waals surface area contributed by atoms with Crippen molar-refractivity contribution in [1.29, 1.82) is 0 Å². The number of benzene rings is 1. The van der Waals surface area contributed by atoms with E-state index < -0.39 is 6.04 Å². The van der Waals surface area contributed by atoms with E-state index in [0.717, 1.165) is 0 Å². The van der Waals surface area contributed by atoms with E-state index in [9.17, 15) is 9.90 Å². The topological polar surface area (TPSA) is 66.6 Å². The Bertz CT molecular complexity index is 366. The molecule has 0 aliphatic heterocycles. The lowest BCUT2D eigenvalue weighted by Crippen LogP contribution is -2.43. The van der Waals surface area contributed by atoms with Crippen molar-refractivity contribution in [3.05, 3.63) is 24.3 Å². The van der Waals surface area contributed by atoms with Crippen molar-refractivity contribution >= 4 is 11.6 Å². The summed E-state index contributed by atoms with van der Waals surface area (Å²) in [5.41, 5.74) is 6.39. The maximum absolute atomic E-state index is 11.9. The lowest BCUT2D eigenvalue weighted by molar-refractivity contribution is -0.119. The number of amides is 1. The van der Waals surface area contributed by atoms with Crippen molar-refractivity contribution in [2.45, 2.75) is 26.3 Å². The number of phenolic OH excluding ortho intramolecular Hbond substituents is 1. The van der Waals surface area contributed by atoms with Gasteiger partial charge in [-0.25, -0.2) is 0 Å². The molecule has 1 amide bonds. The number of nitrogens with two attached hydrogens (primary N) is 1. The maximum atomic E-state index is 11.9. The Kier molecular flexibility index (Phi) is 4.31. The predicted molar refractivity (Wildman–Crippen MR) is 64.4 cm³/mol. The number of carbonyl (C=O) groups is 1. The van der Waals surface area contributed by atoms with Crippen LogP contribution in [-0.2, 0) is 4.79 Å². The first-order chi connectivity index (χ1) is 7.60. The number of nitrogens with zero attached hydrogens (tertiary/aromatic N) is 1. The van der Waals surface area contributed by atoms with Gasteiger partial charge in [-0.1, -0.05) is 13.0 Å². The molecule has 0 bridgehead atoms. The second-order valence-corrected chi connectivity index (χ2v) is 3.62. The van der Waals surface area contributed by atoms with Crippen LogP contribution in [0, 0.1) is 0 Å². The summed E-state index contributed by atoms with van der Waals surface area (Å²) >= 11 is 0. The van der Waals surface area contributed by atoms with Crippen molar-refractivity contribution in [3.63, 3.8) is 0 Å². The Morgan fingerprint density at radius 1 is 1.50 bits per heavy atom. The van der Waals surface area contributed by atoms with Gasteiger partial charge >= 0.3 is 0 Å². The van der Waals surface area contributed by atoms with Gasteiger partial charge in [-0.2, -0.15) is 0 Å². The van der Waals surface area contributed by atoms with Crippen LogP contribution in [0.15, 0.2) is 24.3 Å². The third-order valence-electron chi connectivity index (χ3n) is 2.48. The minimum absolute atomic E-state index is 0.115. The zero-order chi connectivity index (χ0) is 12.1. The third kappa shape index (κ3) is 2.73. The van der Waals surface area contributed by atoms with Crippen LogP contribution < -0.4 is 10.6 Å². The monoisotopic (exact) mass is 222 g/mol. The van der Waals surface area contributed by atoms with Crippen molar-refractivity contribution in [2.75, 3.05) is 11.4 Å². The molecule has 0 aromatic heterocycles. The average molecular weight is 222 g/mol. The number of aromatic hydroxyl groups is 1. The van der Waals surface area contributed by atoms with Gasteiger partial charge in [0, 0.05) is 18.3 Å². The molecule has 1 aromatic rings. The van der Waals surface area contributed by atoms with Gasteiger partial charge in [-0.3, -0.25) is 4.79 Å². The average Bonchev–Trinajstić information content (AvgIpc) is 2.29. The van der Waals surface area contributed by atoms with E-state index in [1.165, 1.54) is 0 Å². The Balaban J connectivity index is 2.94. The fraction of sp³-hybridized carbons (Fsp3) is 0.417. The highest BCUT2D eigenvalue weighted by Gasteiger charge is 2.19. The molecule has 0 aliphatic rings. The van der Waals surface area contributed by atoms with E-state index in [2.05, 4.69) is 0 Å². The molecule has 0 heterocycles. The molecule has 0 aliphatic carbocycles. The van der Waals surface area contributed by atoms with E-state index in [-0.39, 0.29) is 11.7 Å². The number of likely N-dealkylation sites (N-methyl/N-ethyl adjacent to an activating group) is 1. The van der Waals surface area contributed by atoms with Crippen LogP contribution in [0.2, 0.25) is 0 Å². The van der Waals surface area contributed by atoms with Crippen LogP contribution in [0.25, 0.3) is 0 Å². The summed E-state index contributed by atoms with van der Waals surface area (Å²) in [6.07, 6.45) is 0.605. The molecule has 1 unspecified atom stereocenters. The van der Waals surface area contributed by atoms with E-state index in [0.29, 0.717) is 18.7 Å². The highest BCUT2D eigenvalue weighted by molar-refractivity contribution is 5.97. The molecule has 4 heteroatoms. The first-order valence-electron chi connectivity index (χ1n) is 5.46. The standard InChI is InChI=1S/C12H18N2O2/c1-3-11(13)12(16)14(4-2)9-6-5-7-10(15)8-9/h5-8,11,15H,3-4,13H2,1-2H3. The Morgan fingerprint density at radius 3 is 2.69 bits per heavy atom. The van der Waals surface area contributed by atoms with Crippen molar-refractivity contribution in [2.24, 2.45) is 5.73 Å². The maximum Gasteiger partial charge on any atom is 0.243 e. The summed E-state index contributed by atoms with van der Waals surface area (Å²) in [5, 5.41) is 9.37. The van der Waals surface area contributed by atoms with Crippen LogP contribution >= 0.6 is 0 Å². The number of hydrogen-bond donors (Lipinski definition) is 2. The highest BCUT2D eigenvalue weighted by Crippen LogP contribution is 2.20.